The van der Waals surface area contributed by atoms with Crippen molar-refractivity contribution in [3.8, 4) is 0 Å². The third-order valence-electron chi connectivity index (χ3n) is 3.04. The molecule has 0 atom stereocenters. The van der Waals surface area contributed by atoms with Crippen molar-refractivity contribution in [3.05, 3.63) is 41.7 Å². The first-order chi connectivity index (χ1) is 9.22. The summed E-state index contributed by atoms with van der Waals surface area (Å²) in [6.07, 6.45) is 0. The Labute approximate surface area is 109 Å². The highest BCUT2D eigenvalue weighted by molar-refractivity contribution is 6.00. The van der Waals surface area contributed by atoms with E-state index in [1.807, 2.05) is 35.6 Å². The molecule has 0 aliphatic heterocycles. The van der Waals surface area contributed by atoms with Crippen LogP contribution >= 0.6 is 0 Å². The number of aryl methyl sites for hydroxylation is 1. The summed E-state index contributed by atoms with van der Waals surface area (Å²) < 4.78 is 6.95. The van der Waals surface area contributed by atoms with Crippen LogP contribution in [0, 0.1) is 6.92 Å². The molecule has 0 aliphatic carbocycles. The van der Waals surface area contributed by atoms with E-state index in [1.54, 1.807) is 13.0 Å². The Bertz CT molecular complexity index is 777. The van der Waals surface area contributed by atoms with E-state index in [-0.39, 0.29) is 5.97 Å². The molecule has 19 heavy (non-hydrogen) atoms. The number of carbonyl (C=O) groups is 1. The number of ether oxygens (including phenoxy) is 1. The summed E-state index contributed by atoms with van der Waals surface area (Å²) in [4.78, 5) is 12.0. The van der Waals surface area contributed by atoms with E-state index < -0.39 is 0 Å². The van der Waals surface area contributed by atoms with Crippen molar-refractivity contribution >= 4 is 22.5 Å². The highest BCUT2D eigenvalue weighted by atomic mass is 16.5. The smallest absolute Gasteiger partial charge is 0.342 e. The Kier molecular flexibility index (Phi) is 2.67. The molecule has 0 bridgehead atoms. The summed E-state index contributed by atoms with van der Waals surface area (Å²) in [5.74, 6) is 0.378. The predicted molar refractivity (Wildman–Crippen MR) is 71.2 cm³/mol. The van der Waals surface area contributed by atoms with Crippen molar-refractivity contribution in [1.29, 1.82) is 0 Å². The maximum absolute atomic E-state index is 12.0. The van der Waals surface area contributed by atoms with Gasteiger partial charge in [0.05, 0.1) is 12.1 Å². The van der Waals surface area contributed by atoms with E-state index in [1.165, 1.54) is 0 Å². The number of hydrogen-bond donors (Lipinski definition) is 0. The number of hydrogen-bond acceptors (Lipinski definition) is 4. The van der Waals surface area contributed by atoms with Gasteiger partial charge in [-0.15, -0.1) is 10.2 Å². The second kappa shape index (κ2) is 4.35. The summed E-state index contributed by atoms with van der Waals surface area (Å²) in [7, 11) is 0. The van der Waals surface area contributed by atoms with Crippen molar-refractivity contribution in [3.63, 3.8) is 0 Å². The van der Waals surface area contributed by atoms with Gasteiger partial charge in [-0.3, -0.25) is 4.40 Å². The number of para-hydroxylation sites is 1. The van der Waals surface area contributed by atoms with Crippen LogP contribution in [0.3, 0.4) is 0 Å². The van der Waals surface area contributed by atoms with Gasteiger partial charge in [0.1, 0.15) is 11.4 Å². The molecule has 2 heterocycles. The number of esters is 1. The van der Waals surface area contributed by atoms with Crippen LogP contribution in [-0.2, 0) is 4.74 Å². The van der Waals surface area contributed by atoms with Gasteiger partial charge < -0.3 is 4.74 Å². The van der Waals surface area contributed by atoms with Crippen molar-refractivity contribution in [2.75, 3.05) is 6.61 Å². The van der Waals surface area contributed by atoms with E-state index >= 15 is 0 Å². The molecular weight excluding hydrogens is 242 g/mol. The normalized spacial score (nSPS) is 11.1. The fourth-order valence-electron chi connectivity index (χ4n) is 2.22. The molecule has 0 N–H and O–H groups in total. The SMILES string of the molecule is CCOC(=O)c1cc2ccccc2n2c(C)nnc12. The minimum atomic E-state index is -0.370. The number of nitrogens with zero attached hydrogens (tertiary/aromatic N) is 3. The third kappa shape index (κ3) is 1.74. The van der Waals surface area contributed by atoms with E-state index in [9.17, 15) is 4.79 Å². The van der Waals surface area contributed by atoms with Crippen molar-refractivity contribution in [2.24, 2.45) is 0 Å². The Morgan fingerprint density at radius 1 is 1.32 bits per heavy atom. The van der Waals surface area contributed by atoms with Gasteiger partial charge in [-0.25, -0.2) is 4.79 Å². The van der Waals surface area contributed by atoms with Gasteiger partial charge in [-0.2, -0.15) is 0 Å². The lowest BCUT2D eigenvalue weighted by Gasteiger charge is -2.07. The van der Waals surface area contributed by atoms with Crippen LogP contribution in [0.15, 0.2) is 30.3 Å². The zero-order valence-electron chi connectivity index (χ0n) is 10.8. The van der Waals surface area contributed by atoms with Gasteiger partial charge >= 0.3 is 5.97 Å². The first-order valence-electron chi connectivity index (χ1n) is 6.13. The van der Waals surface area contributed by atoms with Gasteiger partial charge in [-0.1, -0.05) is 18.2 Å². The number of benzene rings is 1. The lowest BCUT2D eigenvalue weighted by Crippen LogP contribution is -2.07. The third-order valence-corrected chi connectivity index (χ3v) is 3.04. The van der Waals surface area contributed by atoms with Crippen LogP contribution in [0.5, 0.6) is 0 Å². The fraction of sp³-hybridized carbons (Fsp3) is 0.214. The molecule has 5 nitrogen and oxygen atoms in total. The monoisotopic (exact) mass is 255 g/mol. The van der Waals surface area contributed by atoms with Crippen molar-refractivity contribution < 1.29 is 9.53 Å². The summed E-state index contributed by atoms with van der Waals surface area (Å²) >= 11 is 0. The summed E-state index contributed by atoms with van der Waals surface area (Å²) in [5, 5.41) is 9.10. The van der Waals surface area contributed by atoms with Crippen LogP contribution in [0.1, 0.15) is 23.1 Å². The molecule has 96 valence electrons. The molecule has 0 saturated carbocycles. The lowest BCUT2D eigenvalue weighted by atomic mass is 10.1. The van der Waals surface area contributed by atoms with Crippen LogP contribution in [0.25, 0.3) is 16.6 Å². The van der Waals surface area contributed by atoms with E-state index in [2.05, 4.69) is 10.2 Å². The fourth-order valence-corrected chi connectivity index (χ4v) is 2.22. The molecule has 3 rings (SSSR count). The molecule has 0 amide bonds. The molecule has 0 fully saturated rings. The topological polar surface area (TPSA) is 56.5 Å². The van der Waals surface area contributed by atoms with E-state index in [0.717, 1.165) is 16.7 Å². The van der Waals surface area contributed by atoms with Crippen LogP contribution < -0.4 is 0 Å². The molecule has 0 saturated heterocycles. The Morgan fingerprint density at radius 3 is 2.89 bits per heavy atom. The highest BCUT2D eigenvalue weighted by Crippen LogP contribution is 2.21. The molecule has 0 unspecified atom stereocenters. The van der Waals surface area contributed by atoms with E-state index in [4.69, 9.17) is 4.74 Å². The second-order valence-electron chi connectivity index (χ2n) is 4.24. The number of carbonyl (C=O) groups excluding carboxylic acids is 1. The maximum Gasteiger partial charge on any atom is 0.342 e. The van der Waals surface area contributed by atoms with Crippen molar-refractivity contribution in [2.45, 2.75) is 13.8 Å². The molecule has 5 heteroatoms. The minimum Gasteiger partial charge on any atom is -0.462 e. The summed E-state index contributed by atoms with van der Waals surface area (Å²) in [6.45, 7) is 3.98. The van der Waals surface area contributed by atoms with Gasteiger partial charge in [0.2, 0.25) is 0 Å². The molecule has 0 spiro atoms. The maximum atomic E-state index is 12.0. The summed E-state index contributed by atoms with van der Waals surface area (Å²) in [5.41, 5.74) is 1.96. The average Bonchev–Trinajstić information content (AvgIpc) is 2.81. The number of aromatic nitrogens is 3. The molecule has 0 aliphatic rings. The zero-order chi connectivity index (χ0) is 13.4. The molecule has 2 aromatic heterocycles. The Morgan fingerprint density at radius 2 is 2.11 bits per heavy atom. The van der Waals surface area contributed by atoms with Crippen molar-refractivity contribution in [1.82, 2.24) is 14.6 Å². The first-order valence-corrected chi connectivity index (χ1v) is 6.13. The number of pyridine rings is 1. The highest BCUT2D eigenvalue weighted by Gasteiger charge is 2.17. The zero-order valence-corrected chi connectivity index (χ0v) is 10.8. The van der Waals surface area contributed by atoms with Crippen LogP contribution in [0.2, 0.25) is 0 Å². The van der Waals surface area contributed by atoms with Gasteiger partial charge in [0, 0.05) is 0 Å². The lowest BCUT2D eigenvalue weighted by molar-refractivity contribution is 0.0528. The van der Waals surface area contributed by atoms with Gasteiger partial charge in [0.15, 0.2) is 5.65 Å². The second-order valence-corrected chi connectivity index (χ2v) is 4.24. The van der Waals surface area contributed by atoms with Crippen LogP contribution in [-0.4, -0.2) is 27.2 Å². The van der Waals surface area contributed by atoms with Crippen LogP contribution in [0.4, 0.5) is 0 Å². The summed E-state index contributed by atoms with van der Waals surface area (Å²) in [6, 6.07) is 9.62. The minimum absolute atomic E-state index is 0.338. The van der Waals surface area contributed by atoms with Gasteiger partial charge in [0.25, 0.3) is 0 Å². The molecule has 1 aromatic carbocycles. The largest absolute Gasteiger partial charge is 0.462 e. The standard InChI is InChI=1S/C14H13N3O2/c1-3-19-14(18)11-8-10-6-4-5-7-12(10)17-9(2)15-16-13(11)17/h4-8H,3H2,1-2H3. The average molecular weight is 255 g/mol. The van der Waals surface area contributed by atoms with E-state index in [0.29, 0.717) is 17.8 Å². The molecular formula is C14H13N3O2. The number of rotatable bonds is 2. The Hall–Kier alpha value is -2.43. The molecule has 3 aromatic rings. The van der Waals surface area contributed by atoms with Gasteiger partial charge in [-0.05, 0) is 31.4 Å². The Balaban J connectivity index is 2.40. The first kappa shape index (κ1) is 11.6. The number of fused-ring (bicyclic) bond motifs is 3. The molecule has 0 radical (unpaired) electrons. The quantitative estimate of drug-likeness (QED) is 0.660. The predicted octanol–water partition coefficient (Wildman–Crippen LogP) is 2.37.